The SMILES string of the molecule is Cc1cc([C@@H](c2ccc(Cl)cc2Cl)N2CCN(C)CC2)c(NC(=O)c2ccco2)s1. The van der Waals surface area contributed by atoms with Gasteiger partial charge >= 0.3 is 0 Å². The lowest BCUT2D eigenvalue weighted by atomic mass is 9.97. The van der Waals surface area contributed by atoms with Crippen molar-refractivity contribution >= 4 is 45.4 Å². The summed E-state index contributed by atoms with van der Waals surface area (Å²) >= 11 is 14.4. The summed E-state index contributed by atoms with van der Waals surface area (Å²) in [6.45, 7) is 5.79. The van der Waals surface area contributed by atoms with Crippen LogP contribution in [0.15, 0.2) is 47.1 Å². The van der Waals surface area contributed by atoms with E-state index in [1.54, 1.807) is 29.5 Å². The highest BCUT2D eigenvalue weighted by Gasteiger charge is 2.30. The van der Waals surface area contributed by atoms with Crippen LogP contribution in [0.5, 0.6) is 0 Å². The molecule has 1 aliphatic heterocycles. The van der Waals surface area contributed by atoms with Gasteiger partial charge in [-0.05, 0) is 49.9 Å². The van der Waals surface area contributed by atoms with Gasteiger partial charge in [0.1, 0.15) is 5.00 Å². The minimum absolute atomic E-state index is 0.0830. The van der Waals surface area contributed by atoms with Gasteiger partial charge in [-0.2, -0.15) is 0 Å². The number of hydrogen-bond acceptors (Lipinski definition) is 5. The van der Waals surface area contributed by atoms with Crippen molar-refractivity contribution in [3.8, 4) is 0 Å². The number of likely N-dealkylation sites (N-methyl/N-ethyl adjacent to an activating group) is 1. The molecule has 0 bridgehead atoms. The molecule has 5 nitrogen and oxygen atoms in total. The summed E-state index contributed by atoms with van der Waals surface area (Å²) in [4.78, 5) is 18.5. The van der Waals surface area contributed by atoms with E-state index in [1.807, 2.05) is 19.1 Å². The maximum Gasteiger partial charge on any atom is 0.291 e. The van der Waals surface area contributed by atoms with Crippen LogP contribution in [0.2, 0.25) is 10.0 Å². The van der Waals surface area contributed by atoms with Crippen molar-refractivity contribution in [1.82, 2.24) is 9.80 Å². The van der Waals surface area contributed by atoms with Gasteiger partial charge in [0.05, 0.1) is 12.3 Å². The third-order valence-corrected chi connectivity index (χ3v) is 6.85. The molecule has 3 aromatic rings. The van der Waals surface area contributed by atoms with Gasteiger partial charge < -0.3 is 14.6 Å². The molecule has 0 unspecified atom stereocenters. The van der Waals surface area contributed by atoms with E-state index in [0.717, 1.165) is 47.2 Å². The highest BCUT2D eigenvalue weighted by molar-refractivity contribution is 7.16. The van der Waals surface area contributed by atoms with Crippen LogP contribution in [0.3, 0.4) is 0 Å². The molecule has 0 radical (unpaired) electrons. The largest absolute Gasteiger partial charge is 0.459 e. The Morgan fingerprint density at radius 2 is 1.90 bits per heavy atom. The minimum Gasteiger partial charge on any atom is -0.459 e. The van der Waals surface area contributed by atoms with Gasteiger partial charge in [0.2, 0.25) is 0 Å². The lowest BCUT2D eigenvalue weighted by molar-refractivity contribution is 0.0996. The maximum atomic E-state index is 12.7. The monoisotopic (exact) mass is 463 g/mol. The molecule has 0 aliphatic carbocycles. The van der Waals surface area contributed by atoms with E-state index in [-0.39, 0.29) is 17.7 Å². The highest BCUT2D eigenvalue weighted by atomic mass is 35.5. The van der Waals surface area contributed by atoms with E-state index < -0.39 is 0 Å². The Hall–Kier alpha value is -1.83. The molecule has 1 amide bonds. The van der Waals surface area contributed by atoms with Gasteiger partial charge in [0, 0.05) is 46.7 Å². The molecule has 1 atom stereocenters. The lowest BCUT2D eigenvalue weighted by Gasteiger charge is -2.38. The summed E-state index contributed by atoms with van der Waals surface area (Å²) in [7, 11) is 2.13. The van der Waals surface area contributed by atoms with Crippen LogP contribution in [0.4, 0.5) is 5.00 Å². The molecule has 30 heavy (non-hydrogen) atoms. The first kappa shape index (κ1) is 21.4. The predicted molar refractivity (Wildman–Crippen MR) is 123 cm³/mol. The number of piperazine rings is 1. The van der Waals surface area contributed by atoms with Crippen LogP contribution in [-0.4, -0.2) is 48.9 Å². The molecule has 158 valence electrons. The van der Waals surface area contributed by atoms with Gasteiger partial charge in [0.25, 0.3) is 5.91 Å². The number of rotatable bonds is 5. The van der Waals surface area contributed by atoms with Crippen molar-refractivity contribution in [3.05, 3.63) is 74.5 Å². The summed E-state index contributed by atoms with van der Waals surface area (Å²) in [5.74, 6) is 0.0232. The minimum atomic E-state index is -0.262. The van der Waals surface area contributed by atoms with Gasteiger partial charge in [0.15, 0.2) is 5.76 Å². The molecular weight excluding hydrogens is 441 g/mol. The summed E-state index contributed by atoms with van der Waals surface area (Å²) in [5.41, 5.74) is 2.02. The fourth-order valence-electron chi connectivity index (χ4n) is 3.77. The fourth-order valence-corrected chi connectivity index (χ4v) is 5.22. The van der Waals surface area contributed by atoms with Gasteiger partial charge in [-0.3, -0.25) is 9.69 Å². The number of furan rings is 1. The number of thiophene rings is 1. The zero-order chi connectivity index (χ0) is 21.3. The normalized spacial score (nSPS) is 16.5. The number of anilines is 1. The Morgan fingerprint density at radius 1 is 1.13 bits per heavy atom. The molecule has 2 aromatic heterocycles. The van der Waals surface area contributed by atoms with Crippen LogP contribution in [0.1, 0.15) is 32.6 Å². The number of nitrogens with zero attached hydrogens (tertiary/aromatic N) is 2. The van der Waals surface area contributed by atoms with Crippen molar-refractivity contribution in [1.29, 1.82) is 0 Å². The van der Waals surface area contributed by atoms with Gasteiger partial charge in [-0.1, -0.05) is 29.3 Å². The Kier molecular flexibility index (Phi) is 6.51. The van der Waals surface area contributed by atoms with E-state index in [1.165, 1.54) is 6.26 Å². The van der Waals surface area contributed by atoms with Crippen LogP contribution in [0.25, 0.3) is 0 Å². The maximum absolute atomic E-state index is 12.7. The molecule has 1 N–H and O–H groups in total. The lowest BCUT2D eigenvalue weighted by Crippen LogP contribution is -2.46. The van der Waals surface area contributed by atoms with Crippen molar-refractivity contribution in [3.63, 3.8) is 0 Å². The molecule has 0 saturated carbocycles. The average molecular weight is 464 g/mol. The Bertz CT molecular complexity index is 1030. The summed E-state index contributed by atoms with van der Waals surface area (Å²) < 4.78 is 5.26. The van der Waals surface area contributed by atoms with E-state index in [2.05, 4.69) is 28.2 Å². The Balaban J connectivity index is 1.74. The number of carbonyl (C=O) groups excluding carboxylic acids is 1. The standard InChI is InChI=1S/C22H23Cl2N3O2S/c1-14-12-17(22(30-14)25-21(28)19-4-3-11-29-19)20(27-9-7-26(2)8-10-27)16-6-5-15(23)13-18(16)24/h3-6,11-13,20H,7-10H2,1-2H3,(H,25,28)/t20-/m1/s1. The molecule has 1 aromatic carbocycles. The molecule has 4 rings (SSSR count). The number of benzene rings is 1. The van der Waals surface area contributed by atoms with Gasteiger partial charge in [-0.15, -0.1) is 11.3 Å². The molecule has 1 saturated heterocycles. The molecular formula is C22H23Cl2N3O2S. The Morgan fingerprint density at radius 3 is 2.57 bits per heavy atom. The second kappa shape index (κ2) is 9.12. The van der Waals surface area contributed by atoms with Crippen LogP contribution in [0, 0.1) is 6.92 Å². The summed E-state index contributed by atoms with van der Waals surface area (Å²) in [6, 6.07) is 11.0. The zero-order valence-electron chi connectivity index (χ0n) is 16.8. The number of carbonyl (C=O) groups is 1. The first-order chi connectivity index (χ1) is 14.4. The predicted octanol–water partition coefficient (Wildman–Crippen LogP) is 5.55. The third-order valence-electron chi connectivity index (χ3n) is 5.31. The fraction of sp³-hybridized carbons (Fsp3) is 0.318. The average Bonchev–Trinajstić information content (AvgIpc) is 3.35. The molecule has 8 heteroatoms. The molecule has 1 aliphatic rings. The highest BCUT2D eigenvalue weighted by Crippen LogP contribution is 2.42. The summed E-state index contributed by atoms with van der Waals surface area (Å²) in [5, 5.41) is 5.08. The summed E-state index contributed by atoms with van der Waals surface area (Å²) in [6.07, 6.45) is 1.50. The van der Waals surface area contributed by atoms with E-state index in [9.17, 15) is 4.79 Å². The molecule has 0 spiro atoms. The molecule has 1 fully saturated rings. The number of nitrogens with one attached hydrogen (secondary N) is 1. The zero-order valence-corrected chi connectivity index (χ0v) is 19.2. The van der Waals surface area contributed by atoms with Crippen LogP contribution >= 0.6 is 34.5 Å². The first-order valence-electron chi connectivity index (χ1n) is 9.75. The van der Waals surface area contributed by atoms with Crippen molar-refractivity contribution in [2.45, 2.75) is 13.0 Å². The third kappa shape index (κ3) is 4.58. The smallest absolute Gasteiger partial charge is 0.291 e. The first-order valence-corrected chi connectivity index (χ1v) is 11.3. The number of halogens is 2. The van der Waals surface area contributed by atoms with Crippen LogP contribution < -0.4 is 5.32 Å². The number of hydrogen-bond donors (Lipinski definition) is 1. The number of aryl methyl sites for hydroxylation is 1. The van der Waals surface area contributed by atoms with Crippen LogP contribution in [-0.2, 0) is 0 Å². The molecule has 3 heterocycles. The van der Waals surface area contributed by atoms with Crippen molar-refractivity contribution in [2.24, 2.45) is 0 Å². The van der Waals surface area contributed by atoms with E-state index in [4.69, 9.17) is 27.6 Å². The number of amides is 1. The quantitative estimate of drug-likeness (QED) is 0.538. The van der Waals surface area contributed by atoms with E-state index in [0.29, 0.717) is 10.0 Å². The van der Waals surface area contributed by atoms with Crippen molar-refractivity contribution < 1.29 is 9.21 Å². The Labute approximate surface area is 190 Å². The topological polar surface area (TPSA) is 48.7 Å². The second-order valence-electron chi connectivity index (χ2n) is 7.48. The second-order valence-corrected chi connectivity index (χ2v) is 9.58. The van der Waals surface area contributed by atoms with E-state index >= 15 is 0 Å². The van der Waals surface area contributed by atoms with Gasteiger partial charge in [-0.25, -0.2) is 0 Å². The van der Waals surface area contributed by atoms with Crippen molar-refractivity contribution in [2.75, 3.05) is 38.5 Å².